The summed E-state index contributed by atoms with van der Waals surface area (Å²) in [7, 11) is 0. The Kier molecular flexibility index (Phi) is 4.55. The summed E-state index contributed by atoms with van der Waals surface area (Å²) < 4.78 is 12.5. The summed E-state index contributed by atoms with van der Waals surface area (Å²) >= 11 is 9.55. The summed E-state index contributed by atoms with van der Waals surface area (Å²) in [5.74, 6) is 0. The first-order chi connectivity index (χ1) is 9.67. The van der Waals surface area contributed by atoms with Crippen molar-refractivity contribution in [3.05, 3.63) is 27.7 Å². The smallest absolute Gasteiger partial charge is 0.0745 e. The van der Waals surface area contributed by atoms with E-state index in [1.54, 1.807) is 0 Å². The standard InChI is InChI=1S/C15H19BrClNO2/c16-13-9-11(17)1-2-14(13)18-12-3-6-20-15(10-12)4-7-19-8-5-15/h1-2,9,12,18H,3-8,10H2. The second-order valence-electron chi connectivity index (χ2n) is 5.60. The second kappa shape index (κ2) is 6.22. The maximum atomic E-state index is 6.07. The molecule has 0 amide bonds. The molecule has 110 valence electrons. The molecule has 0 aromatic heterocycles. The number of halogens is 2. The van der Waals surface area contributed by atoms with Crippen LogP contribution in [0, 0.1) is 0 Å². The Morgan fingerprint density at radius 2 is 2.05 bits per heavy atom. The van der Waals surface area contributed by atoms with Crippen molar-refractivity contribution in [2.45, 2.75) is 37.3 Å². The van der Waals surface area contributed by atoms with Gasteiger partial charge >= 0.3 is 0 Å². The third kappa shape index (κ3) is 3.30. The van der Waals surface area contributed by atoms with E-state index in [-0.39, 0.29) is 5.60 Å². The highest BCUT2D eigenvalue weighted by molar-refractivity contribution is 9.10. The molecule has 1 spiro atoms. The third-order valence-corrected chi connectivity index (χ3v) is 5.08. The normalized spacial score (nSPS) is 25.6. The molecule has 3 rings (SSSR count). The first-order valence-corrected chi connectivity index (χ1v) is 8.27. The Hall–Kier alpha value is -0.290. The third-order valence-electron chi connectivity index (χ3n) is 4.19. The van der Waals surface area contributed by atoms with E-state index in [1.165, 1.54) is 0 Å². The van der Waals surface area contributed by atoms with Crippen LogP contribution in [0.2, 0.25) is 5.02 Å². The minimum atomic E-state index is 0.0209. The quantitative estimate of drug-likeness (QED) is 0.855. The van der Waals surface area contributed by atoms with Gasteiger partial charge in [-0.3, -0.25) is 0 Å². The largest absolute Gasteiger partial charge is 0.381 e. The lowest BCUT2D eigenvalue weighted by atomic mass is 9.84. The molecule has 2 aliphatic rings. The number of anilines is 1. The van der Waals surface area contributed by atoms with E-state index < -0.39 is 0 Å². The molecule has 0 aliphatic carbocycles. The lowest BCUT2D eigenvalue weighted by Gasteiger charge is -2.43. The van der Waals surface area contributed by atoms with Crippen molar-refractivity contribution in [3.63, 3.8) is 0 Å². The molecular weight excluding hydrogens is 342 g/mol. The maximum absolute atomic E-state index is 6.07. The Bertz CT molecular complexity index is 471. The molecule has 0 radical (unpaired) electrons. The Labute approximate surface area is 133 Å². The Morgan fingerprint density at radius 1 is 1.25 bits per heavy atom. The molecule has 0 saturated carbocycles. The fourth-order valence-corrected chi connectivity index (χ4v) is 3.87. The summed E-state index contributed by atoms with van der Waals surface area (Å²) in [4.78, 5) is 0. The summed E-state index contributed by atoms with van der Waals surface area (Å²) in [5.41, 5.74) is 1.12. The average molecular weight is 361 g/mol. The number of ether oxygens (including phenoxy) is 2. The number of hydrogen-bond donors (Lipinski definition) is 1. The topological polar surface area (TPSA) is 30.5 Å². The van der Waals surface area contributed by atoms with Gasteiger partial charge in [-0.05, 0) is 59.8 Å². The van der Waals surface area contributed by atoms with Crippen LogP contribution in [0.4, 0.5) is 5.69 Å². The van der Waals surface area contributed by atoms with Gasteiger partial charge in [0, 0.05) is 41.0 Å². The highest BCUT2D eigenvalue weighted by Crippen LogP contribution is 2.36. The number of benzene rings is 1. The van der Waals surface area contributed by atoms with Crippen molar-refractivity contribution in [3.8, 4) is 0 Å². The molecule has 3 nitrogen and oxygen atoms in total. The van der Waals surface area contributed by atoms with Crippen LogP contribution >= 0.6 is 27.5 Å². The molecular formula is C15H19BrClNO2. The van der Waals surface area contributed by atoms with E-state index in [0.29, 0.717) is 6.04 Å². The van der Waals surface area contributed by atoms with Crippen molar-refractivity contribution >= 4 is 33.2 Å². The average Bonchev–Trinajstić information content (AvgIpc) is 2.43. The lowest BCUT2D eigenvalue weighted by Crippen LogP contribution is -2.47. The summed E-state index contributed by atoms with van der Waals surface area (Å²) in [6.45, 7) is 2.46. The predicted octanol–water partition coefficient (Wildman–Crippen LogP) is 4.24. The molecule has 5 heteroatoms. The van der Waals surface area contributed by atoms with Gasteiger partial charge in [0.05, 0.1) is 5.60 Å². The van der Waals surface area contributed by atoms with Gasteiger partial charge in [0.1, 0.15) is 0 Å². The van der Waals surface area contributed by atoms with E-state index in [9.17, 15) is 0 Å². The molecule has 1 atom stereocenters. The molecule has 2 heterocycles. The fourth-order valence-electron chi connectivity index (χ4n) is 3.07. The minimum Gasteiger partial charge on any atom is -0.381 e. The number of hydrogen-bond acceptors (Lipinski definition) is 3. The molecule has 1 aromatic carbocycles. The van der Waals surface area contributed by atoms with Gasteiger partial charge in [-0.15, -0.1) is 0 Å². The van der Waals surface area contributed by atoms with Gasteiger partial charge in [-0.1, -0.05) is 11.6 Å². The second-order valence-corrected chi connectivity index (χ2v) is 6.89. The zero-order chi connectivity index (χ0) is 14.0. The van der Waals surface area contributed by atoms with E-state index in [4.69, 9.17) is 21.1 Å². The Balaban J connectivity index is 1.68. The van der Waals surface area contributed by atoms with Crippen LogP contribution in [0.3, 0.4) is 0 Å². The fraction of sp³-hybridized carbons (Fsp3) is 0.600. The van der Waals surface area contributed by atoms with Gasteiger partial charge in [0.2, 0.25) is 0 Å². The predicted molar refractivity (Wildman–Crippen MR) is 84.5 cm³/mol. The maximum Gasteiger partial charge on any atom is 0.0745 e. The van der Waals surface area contributed by atoms with Crippen molar-refractivity contribution in [1.82, 2.24) is 0 Å². The van der Waals surface area contributed by atoms with Crippen molar-refractivity contribution in [1.29, 1.82) is 0 Å². The van der Waals surface area contributed by atoms with Gasteiger partial charge < -0.3 is 14.8 Å². The van der Waals surface area contributed by atoms with Gasteiger partial charge in [0.25, 0.3) is 0 Å². The zero-order valence-electron chi connectivity index (χ0n) is 11.3. The SMILES string of the molecule is Clc1ccc(NC2CCOC3(CCOCC3)C2)c(Br)c1. The molecule has 20 heavy (non-hydrogen) atoms. The zero-order valence-corrected chi connectivity index (χ0v) is 13.7. The first kappa shape index (κ1) is 14.6. The number of nitrogens with one attached hydrogen (secondary N) is 1. The van der Waals surface area contributed by atoms with E-state index in [2.05, 4.69) is 21.2 Å². The first-order valence-electron chi connectivity index (χ1n) is 7.10. The van der Waals surface area contributed by atoms with Gasteiger partial charge in [-0.25, -0.2) is 0 Å². The Morgan fingerprint density at radius 3 is 2.80 bits per heavy atom. The molecule has 2 fully saturated rings. The number of rotatable bonds is 2. The highest BCUT2D eigenvalue weighted by atomic mass is 79.9. The van der Waals surface area contributed by atoms with Crippen molar-refractivity contribution < 1.29 is 9.47 Å². The van der Waals surface area contributed by atoms with E-state index >= 15 is 0 Å². The summed E-state index contributed by atoms with van der Waals surface area (Å²) in [6, 6.07) is 6.31. The van der Waals surface area contributed by atoms with Crippen LogP contribution < -0.4 is 5.32 Å². The van der Waals surface area contributed by atoms with Crippen LogP contribution in [-0.4, -0.2) is 31.5 Å². The lowest BCUT2D eigenvalue weighted by molar-refractivity contribution is -0.135. The highest BCUT2D eigenvalue weighted by Gasteiger charge is 2.39. The molecule has 2 aliphatic heterocycles. The van der Waals surface area contributed by atoms with Crippen LogP contribution in [0.1, 0.15) is 25.7 Å². The van der Waals surface area contributed by atoms with Crippen LogP contribution in [-0.2, 0) is 9.47 Å². The molecule has 0 bridgehead atoms. The summed E-state index contributed by atoms with van der Waals surface area (Å²) in [5, 5.41) is 4.37. The van der Waals surface area contributed by atoms with Crippen LogP contribution in [0.25, 0.3) is 0 Å². The molecule has 1 aromatic rings. The molecule has 1 unspecified atom stereocenters. The van der Waals surface area contributed by atoms with Crippen LogP contribution in [0.15, 0.2) is 22.7 Å². The molecule has 1 N–H and O–H groups in total. The monoisotopic (exact) mass is 359 g/mol. The van der Waals surface area contributed by atoms with Gasteiger partial charge in [0.15, 0.2) is 0 Å². The van der Waals surface area contributed by atoms with Crippen molar-refractivity contribution in [2.75, 3.05) is 25.1 Å². The van der Waals surface area contributed by atoms with Crippen LogP contribution in [0.5, 0.6) is 0 Å². The van der Waals surface area contributed by atoms with E-state index in [0.717, 1.165) is 60.7 Å². The van der Waals surface area contributed by atoms with E-state index in [1.807, 2.05) is 18.2 Å². The molecule has 2 saturated heterocycles. The summed E-state index contributed by atoms with van der Waals surface area (Å²) in [6.07, 6.45) is 4.10. The van der Waals surface area contributed by atoms with Crippen molar-refractivity contribution in [2.24, 2.45) is 0 Å². The minimum absolute atomic E-state index is 0.0209. The van der Waals surface area contributed by atoms with Gasteiger partial charge in [-0.2, -0.15) is 0 Å².